The maximum Gasteiger partial charge on any atom is 0.220 e. The van der Waals surface area contributed by atoms with Gasteiger partial charge in [-0.15, -0.1) is 5.10 Å². The molecule has 0 aliphatic carbocycles. The van der Waals surface area contributed by atoms with Crippen LogP contribution < -0.4 is 0 Å². The highest BCUT2D eigenvalue weighted by atomic mass is 16.3. The molecule has 0 aliphatic rings. The van der Waals surface area contributed by atoms with E-state index in [0.717, 1.165) is 0 Å². The summed E-state index contributed by atoms with van der Waals surface area (Å²) in [5.41, 5.74) is 1.26. The number of nitrogens with zero attached hydrogens (tertiary/aromatic N) is 3. The molecule has 0 N–H and O–H groups in total. The van der Waals surface area contributed by atoms with Crippen LogP contribution in [0.25, 0.3) is 11.2 Å². The first kappa shape index (κ1) is 8.64. The number of hydrogen-bond donors (Lipinski definition) is 0. The molecular formula is C8H11N3O. The fourth-order valence-electron chi connectivity index (χ4n) is 0.801. The Kier molecular flexibility index (Phi) is 2.74. The van der Waals surface area contributed by atoms with Gasteiger partial charge in [-0.1, -0.05) is 13.8 Å². The van der Waals surface area contributed by atoms with Gasteiger partial charge in [-0.05, 0) is 0 Å². The van der Waals surface area contributed by atoms with Gasteiger partial charge in [0.15, 0.2) is 11.5 Å². The molecule has 0 atom stereocenters. The van der Waals surface area contributed by atoms with Crippen LogP contribution in [0.2, 0.25) is 0 Å². The summed E-state index contributed by atoms with van der Waals surface area (Å²) < 4.78 is 5.15. The predicted molar refractivity (Wildman–Crippen MR) is 45.7 cm³/mol. The number of oxazole rings is 1. The zero-order chi connectivity index (χ0) is 8.97. The summed E-state index contributed by atoms with van der Waals surface area (Å²) in [6.07, 6.45) is 1.58. The normalized spacial score (nSPS) is 9.25. The lowest BCUT2D eigenvalue weighted by Crippen LogP contribution is -1.78. The highest BCUT2D eigenvalue weighted by Crippen LogP contribution is 2.09. The van der Waals surface area contributed by atoms with Crippen LogP contribution in [0.5, 0.6) is 0 Å². The van der Waals surface area contributed by atoms with Gasteiger partial charge in [0.05, 0.1) is 6.20 Å². The highest BCUT2D eigenvalue weighted by Gasteiger charge is 1.99. The molecule has 0 spiro atoms. The molecule has 2 rings (SSSR count). The van der Waals surface area contributed by atoms with Crippen LogP contribution in [0, 0.1) is 6.92 Å². The molecule has 0 amide bonds. The van der Waals surface area contributed by atoms with Crippen LogP contribution in [0.4, 0.5) is 0 Å². The molecule has 2 heterocycles. The third kappa shape index (κ3) is 1.58. The molecule has 0 unspecified atom stereocenters. The monoisotopic (exact) mass is 165 g/mol. The standard InChI is InChI=1S/C6H5N3O.C2H6/c1-4-8-6-5(10-4)2-3-7-9-6;1-2/h2-3H,1H3;1-2H3. The maximum atomic E-state index is 5.15. The quantitative estimate of drug-likeness (QED) is 0.598. The molecule has 4 heteroatoms. The van der Waals surface area contributed by atoms with Gasteiger partial charge >= 0.3 is 0 Å². The third-order valence-electron chi connectivity index (χ3n) is 1.19. The first-order valence-corrected chi connectivity index (χ1v) is 3.91. The minimum atomic E-state index is 0.569. The molecule has 0 saturated heterocycles. The number of aryl methyl sites for hydroxylation is 1. The number of rotatable bonds is 0. The van der Waals surface area contributed by atoms with Crippen molar-refractivity contribution in [3.63, 3.8) is 0 Å². The van der Waals surface area contributed by atoms with Crippen LogP contribution in [0.1, 0.15) is 19.7 Å². The van der Waals surface area contributed by atoms with Crippen molar-refractivity contribution in [2.45, 2.75) is 20.8 Å². The molecule has 2 aromatic heterocycles. The Hall–Kier alpha value is -1.45. The van der Waals surface area contributed by atoms with Gasteiger partial charge in [-0.2, -0.15) is 10.1 Å². The summed E-state index contributed by atoms with van der Waals surface area (Å²) in [6, 6.07) is 1.74. The fourth-order valence-corrected chi connectivity index (χ4v) is 0.801. The Bertz CT molecular complexity index is 323. The van der Waals surface area contributed by atoms with Crippen LogP contribution in [-0.2, 0) is 0 Å². The second-order valence-electron chi connectivity index (χ2n) is 1.95. The lowest BCUT2D eigenvalue weighted by Gasteiger charge is -1.78. The fraction of sp³-hybridized carbons (Fsp3) is 0.375. The van der Waals surface area contributed by atoms with Gasteiger partial charge in [-0.25, -0.2) is 0 Å². The summed E-state index contributed by atoms with van der Waals surface area (Å²) in [4.78, 5) is 3.97. The lowest BCUT2D eigenvalue weighted by atomic mass is 10.5. The molecule has 0 fully saturated rings. The van der Waals surface area contributed by atoms with E-state index in [1.54, 1.807) is 19.2 Å². The van der Waals surface area contributed by atoms with E-state index in [9.17, 15) is 0 Å². The molecule has 0 saturated carbocycles. The summed E-state index contributed by atoms with van der Waals surface area (Å²) >= 11 is 0. The second kappa shape index (κ2) is 3.80. The van der Waals surface area contributed by atoms with E-state index in [1.807, 2.05) is 13.8 Å². The zero-order valence-electron chi connectivity index (χ0n) is 7.40. The minimum Gasteiger partial charge on any atom is -0.439 e. The molecular weight excluding hydrogens is 154 g/mol. The maximum absolute atomic E-state index is 5.15. The van der Waals surface area contributed by atoms with Crippen LogP contribution >= 0.6 is 0 Å². The Morgan fingerprint density at radius 2 is 2.08 bits per heavy atom. The molecule has 0 aromatic carbocycles. The van der Waals surface area contributed by atoms with E-state index in [-0.39, 0.29) is 0 Å². The van der Waals surface area contributed by atoms with Gasteiger partial charge in [0.2, 0.25) is 5.65 Å². The lowest BCUT2D eigenvalue weighted by molar-refractivity contribution is 0.561. The first-order valence-electron chi connectivity index (χ1n) is 3.91. The molecule has 2 aromatic rings. The molecule has 0 bridgehead atoms. The molecule has 4 nitrogen and oxygen atoms in total. The van der Waals surface area contributed by atoms with Crippen LogP contribution in [0.15, 0.2) is 16.7 Å². The van der Waals surface area contributed by atoms with Crippen LogP contribution in [-0.4, -0.2) is 15.2 Å². The Morgan fingerprint density at radius 3 is 2.75 bits per heavy atom. The summed E-state index contributed by atoms with van der Waals surface area (Å²) in [6.45, 7) is 5.78. The minimum absolute atomic E-state index is 0.569. The Labute approximate surface area is 70.6 Å². The van der Waals surface area contributed by atoms with Crippen molar-refractivity contribution in [1.82, 2.24) is 15.2 Å². The predicted octanol–water partition coefficient (Wildman–Crippen LogP) is 1.95. The molecule has 0 radical (unpaired) electrons. The Morgan fingerprint density at radius 1 is 1.33 bits per heavy atom. The van der Waals surface area contributed by atoms with Crippen molar-refractivity contribution in [2.75, 3.05) is 0 Å². The number of aromatic nitrogens is 3. The van der Waals surface area contributed by atoms with Crippen molar-refractivity contribution in [3.05, 3.63) is 18.2 Å². The largest absolute Gasteiger partial charge is 0.439 e. The molecule has 0 aliphatic heterocycles. The summed E-state index contributed by atoms with van der Waals surface area (Å²) in [5.74, 6) is 0.621. The second-order valence-corrected chi connectivity index (χ2v) is 1.95. The van der Waals surface area contributed by atoms with Gasteiger partial charge in [0.25, 0.3) is 0 Å². The van der Waals surface area contributed by atoms with Crippen molar-refractivity contribution < 1.29 is 4.42 Å². The SMILES string of the molecule is CC.Cc1nc2nnccc2o1. The van der Waals surface area contributed by atoms with Crippen molar-refractivity contribution >= 4 is 11.2 Å². The van der Waals surface area contributed by atoms with Gasteiger partial charge in [-0.3, -0.25) is 0 Å². The van der Waals surface area contributed by atoms with Gasteiger partial charge in [0, 0.05) is 13.0 Å². The van der Waals surface area contributed by atoms with E-state index < -0.39 is 0 Å². The zero-order valence-corrected chi connectivity index (χ0v) is 7.40. The average Bonchev–Trinajstić information content (AvgIpc) is 2.48. The van der Waals surface area contributed by atoms with E-state index in [4.69, 9.17) is 4.42 Å². The average molecular weight is 165 g/mol. The van der Waals surface area contributed by atoms with Crippen LogP contribution in [0.3, 0.4) is 0 Å². The van der Waals surface area contributed by atoms with Crippen molar-refractivity contribution in [3.8, 4) is 0 Å². The first-order chi connectivity index (χ1) is 5.86. The van der Waals surface area contributed by atoms with E-state index in [1.165, 1.54) is 0 Å². The van der Waals surface area contributed by atoms with E-state index in [0.29, 0.717) is 17.1 Å². The molecule has 12 heavy (non-hydrogen) atoms. The van der Waals surface area contributed by atoms with E-state index in [2.05, 4.69) is 15.2 Å². The van der Waals surface area contributed by atoms with Gasteiger partial charge in [0.1, 0.15) is 0 Å². The smallest absolute Gasteiger partial charge is 0.220 e. The number of fused-ring (bicyclic) bond motifs is 1. The van der Waals surface area contributed by atoms with Crippen molar-refractivity contribution in [2.24, 2.45) is 0 Å². The summed E-state index contributed by atoms with van der Waals surface area (Å²) in [5, 5.41) is 7.40. The molecule has 64 valence electrons. The summed E-state index contributed by atoms with van der Waals surface area (Å²) in [7, 11) is 0. The van der Waals surface area contributed by atoms with Gasteiger partial charge < -0.3 is 4.42 Å². The topological polar surface area (TPSA) is 51.8 Å². The highest BCUT2D eigenvalue weighted by molar-refractivity contribution is 5.65. The third-order valence-corrected chi connectivity index (χ3v) is 1.19. The van der Waals surface area contributed by atoms with E-state index >= 15 is 0 Å². The Balaban J connectivity index is 0.000000336. The van der Waals surface area contributed by atoms with Crippen molar-refractivity contribution in [1.29, 1.82) is 0 Å². The number of hydrogen-bond acceptors (Lipinski definition) is 4.